The molecule has 0 radical (unpaired) electrons. The van der Waals surface area contributed by atoms with Gasteiger partial charge in [0, 0.05) is 29.4 Å². The Morgan fingerprint density at radius 2 is 2.12 bits per heavy atom. The number of halogens is 2. The highest BCUT2D eigenvalue weighted by Gasteiger charge is 2.08. The van der Waals surface area contributed by atoms with Gasteiger partial charge < -0.3 is 9.73 Å². The van der Waals surface area contributed by atoms with Gasteiger partial charge in [0.2, 0.25) is 5.16 Å². The maximum Gasteiger partial charge on any atom is 0.209 e. The third kappa shape index (κ3) is 5.31. The number of aromatic nitrogens is 4. The number of nitrogens with one attached hydrogen (secondary N) is 1. The number of benzene rings is 1. The Balaban J connectivity index is 0.00000225. The van der Waals surface area contributed by atoms with E-state index in [4.69, 9.17) is 4.42 Å². The molecule has 0 aliphatic heterocycles. The minimum absolute atomic E-state index is 0. The lowest BCUT2D eigenvalue weighted by Crippen LogP contribution is -2.16. The molecule has 0 bridgehead atoms. The van der Waals surface area contributed by atoms with Gasteiger partial charge in [-0.25, -0.2) is 4.68 Å². The van der Waals surface area contributed by atoms with Crippen molar-refractivity contribution in [2.75, 3.05) is 12.3 Å². The molecule has 0 fully saturated rings. The number of furan rings is 1. The lowest BCUT2D eigenvalue weighted by atomic mass is 10.1. The largest absolute Gasteiger partial charge is 0.460 e. The van der Waals surface area contributed by atoms with Crippen molar-refractivity contribution in [1.29, 1.82) is 0 Å². The molecular weight excluding hydrogens is 426 g/mol. The summed E-state index contributed by atoms with van der Waals surface area (Å²) in [5.41, 5.74) is 2.31. The van der Waals surface area contributed by atoms with Gasteiger partial charge in [0.25, 0.3) is 0 Å². The smallest absolute Gasteiger partial charge is 0.209 e. The van der Waals surface area contributed by atoms with Crippen molar-refractivity contribution in [3.05, 3.63) is 46.1 Å². The molecule has 0 saturated heterocycles. The maximum absolute atomic E-state index is 5.94. The number of tetrazole rings is 1. The Morgan fingerprint density at radius 3 is 2.84 bits per heavy atom. The summed E-state index contributed by atoms with van der Waals surface area (Å²) in [5.74, 6) is 2.72. The SMILES string of the molecule is Cc1cc(Br)ccc1-c1ccc(CNCCSc2nnnn2C)o1.Cl. The number of hydrogen-bond acceptors (Lipinski definition) is 6. The number of nitrogens with zero attached hydrogens (tertiary/aromatic N) is 4. The van der Waals surface area contributed by atoms with Gasteiger partial charge in [-0.15, -0.1) is 17.5 Å². The Kier molecular flexibility index (Phi) is 7.49. The Labute approximate surface area is 165 Å². The number of aryl methyl sites for hydroxylation is 2. The molecule has 0 unspecified atom stereocenters. The van der Waals surface area contributed by atoms with Crippen LogP contribution >= 0.6 is 40.1 Å². The molecule has 0 spiro atoms. The molecule has 3 rings (SSSR count). The lowest BCUT2D eigenvalue weighted by molar-refractivity contribution is 0.499. The molecule has 2 heterocycles. The van der Waals surface area contributed by atoms with Gasteiger partial charge >= 0.3 is 0 Å². The molecule has 6 nitrogen and oxygen atoms in total. The van der Waals surface area contributed by atoms with Crippen molar-refractivity contribution in [3.63, 3.8) is 0 Å². The predicted octanol–water partition coefficient (Wildman–Crippen LogP) is 3.84. The van der Waals surface area contributed by atoms with Crippen LogP contribution < -0.4 is 5.32 Å². The van der Waals surface area contributed by atoms with Gasteiger partial charge in [-0.2, -0.15) is 0 Å². The van der Waals surface area contributed by atoms with Crippen LogP contribution in [0.25, 0.3) is 11.3 Å². The third-order valence-electron chi connectivity index (χ3n) is 3.51. The predicted molar refractivity (Wildman–Crippen MR) is 105 cm³/mol. The van der Waals surface area contributed by atoms with Gasteiger partial charge in [-0.1, -0.05) is 27.7 Å². The molecule has 25 heavy (non-hydrogen) atoms. The van der Waals surface area contributed by atoms with Gasteiger partial charge in [0.05, 0.1) is 6.54 Å². The zero-order chi connectivity index (χ0) is 16.9. The molecule has 0 aliphatic rings. The van der Waals surface area contributed by atoms with Crippen LogP contribution in [0.4, 0.5) is 0 Å². The van der Waals surface area contributed by atoms with Gasteiger partial charge in [-0.05, 0) is 53.2 Å². The molecule has 2 aromatic heterocycles. The number of rotatable bonds is 7. The Morgan fingerprint density at radius 1 is 1.28 bits per heavy atom. The Bertz CT molecular complexity index is 822. The minimum atomic E-state index is 0. The van der Waals surface area contributed by atoms with Gasteiger partial charge in [0.15, 0.2) is 0 Å². The van der Waals surface area contributed by atoms with Crippen LogP contribution in [-0.4, -0.2) is 32.5 Å². The lowest BCUT2D eigenvalue weighted by Gasteiger charge is -2.04. The zero-order valence-corrected chi connectivity index (χ0v) is 17.1. The summed E-state index contributed by atoms with van der Waals surface area (Å²) in [4.78, 5) is 0. The molecule has 9 heteroatoms. The topological polar surface area (TPSA) is 68.8 Å². The van der Waals surface area contributed by atoms with Crippen LogP contribution in [0.15, 0.2) is 44.4 Å². The summed E-state index contributed by atoms with van der Waals surface area (Å²) in [6.45, 7) is 3.64. The summed E-state index contributed by atoms with van der Waals surface area (Å²) in [5, 5.41) is 15.6. The fourth-order valence-electron chi connectivity index (χ4n) is 2.29. The highest BCUT2D eigenvalue weighted by Crippen LogP contribution is 2.27. The van der Waals surface area contributed by atoms with Crippen LogP contribution in [0.2, 0.25) is 0 Å². The van der Waals surface area contributed by atoms with Crippen LogP contribution in [0, 0.1) is 6.92 Å². The normalized spacial score (nSPS) is 10.7. The standard InChI is InChI=1S/C16H18BrN5OS.ClH/c1-11-9-12(17)3-5-14(11)15-6-4-13(23-15)10-18-7-8-24-16-19-20-21-22(16)2;/h3-6,9,18H,7-8,10H2,1-2H3;1H. The molecule has 134 valence electrons. The average molecular weight is 445 g/mol. The molecule has 0 atom stereocenters. The average Bonchev–Trinajstić information content (AvgIpc) is 3.17. The minimum Gasteiger partial charge on any atom is -0.460 e. The second-order valence-electron chi connectivity index (χ2n) is 5.34. The number of thioether (sulfide) groups is 1. The van der Waals surface area contributed by atoms with E-state index < -0.39 is 0 Å². The summed E-state index contributed by atoms with van der Waals surface area (Å²) in [7, 11) is 1.84. The second kappa shape index (κ2) is 9.38. The first kappa shape index (κ1) is 20.0. The molecule has 0 aliphatic carbocycles. The van der Waals surface area contributed by atoms with Crippen LogP contribution in [0.3, 0.4) is 0 Å². The van der Waals surface area contributed by atoms with E-state index in [0.717, 1.165) is 39.0 Å². The van der Waals surface area contributed by atoms with Crippen molar-refractivity contribution in [2.45, 2.75) is 18.6 Å². The molecule has 1 aromatic carbocycles. The van der Waals surface area contributed by atoms with Crippen molar-refractivity contribution < 1.29 is 4.42 Å². The van der Waals surface area contributed by atoms with E-state index in [-0.39, 0.29) is 12.4 Å². The van der Waals surface area contributed by atoms with Crippen LogP contribution in [-0.2, 0) is 13.6 Å². The highest BCUT2D eigenvalue weighted by atomic mass is 79.9. The fourth-order valence-corrected chi connectivity index (χ4v) is 3.51. The first-order chi connectivity index (χ1) is 11.6. The van der Waals surface area contributed by atoms with Gasteiger partial charge in [-0.3, -0.25) is 0 Å². The summed E-state index contributed by atoms with van der Waals surface area (Å²) < 4.78 is 8.69. The maximum atomic E-state index is 5.94. The quantitative estimate of drug-likeness (QED) is 0.441. The first-order valence-corrected chi connectivity index (χ1v) is 9.32. The first-order valence-electron chi connectivity index (χ1n) is 7.54. The monoisotopic (exact) mass is 443 g/mol. The van der Waals surface area contributed by atoms with E-state index in [0.29, 0.717) is 6.54 Å². The van der Waals surface area contributed by atoms with E-state index in [1.165, 1.54) is 5.56 Å². The summed E-state index contributed by atoms with van der Waals surface area (Å²) in [6.07, 6.45) is 0. The van der Waals surface area contributed by atoms with Gasteiger partial charge in [0.1, 0.15) is 11.5 Å². The summed E-state index contributed by atoms with van der Waals surface area (Å²) in [6, 6.07) is 10.2. The summed E-state index contributed by atoms with van der Waals surface area (Å²) >= 11 is 5.11. The molecule has 0 saturated carbocycles. The van der Waals surface area contributed by atoms with E-state index in [1.807, 2.05) is 25.2 Å². The van der Waals surface area contributed by atoms with Crippen molar-refractivity contribution in [3.8, 4) is 11.3 Å². The van der Waals surface area contributed by atoms with Crippen LogP contribution in [0.1, 0.15) is 11.3 Å². The second-order valence-corrected chi connectivity index (χ2v) is 7.31. The molecule has 1 N–H and O–H groups in total. The van der Waals surface area contributed by atoms with E-state index in [1.54, 1.807) is 16.4 Å². The van der Waals surface area contributed by atoms with E-state index in [2.05, 4.69) is 55.8 Å². The molecular formula is C16H19BrClN5OS. The highest BCUT2D eigenvalue weighted by molar-refractivity contribution is 9.10. The van der Waals surface area contributed by atoms with Crippen LogP contribution in [0.5, 0.6) is 0 Å². The van der Waals surface area contributed by atoms with E-state index >= 15 is 0 Å². The van der Waals surface area contributed by atoms with Crippen molar-refractivity contribution >= 4 is 40.1 Å². The molecule has 3 aromatic rings. The van der Waals surface area contributed by atoms with E-state index in [9.17, 15) is 0 Å². The third-order valence-corrected chi connectivity index (χ3v) is 5.01. The zero-order valence-electron chi connectivity index (χ0n) is 13.9. The Hall–Kier alpha value is -1.35. The van der Waals surface area contributed by atoms with Crippen molar-refractivity contribution in [2.24, 2.45) is 7.05 Å². The van der Waals surface area contributed by atoms with Crippen molar-refractivity contribution in [1.82, 2.24) is 25.5 Å². The number of hydrogen-bond donors (Lipinski definition) is 1. The molecule has 0 amide bonds. The fraction of sp³-hybridized carbons (Fsp3) is 0.312.